The van der Waals surface area contributed by atoms with Crippen molar-refractivity contribution >= 4 is 17.3 Å². The predicted molar refractivity (Wildman–Crippen MR) is 148 cm³/mol. The van der Waals surface area contributed by atoms with Crippen LogP contribution in [0.5, 0.6) is 0 Å². The van der Waals surface area contributed by atoms with Gasteiger partial charge in [-0.1, -0.05) is 66.7 Å². The van der Waals surface area contributed by atoms with Crippen molar-refractivity contribution in [2.45, 2.75) is 32.6 Å². The molecule has 0 atom stereocenters. The lowest BCUT2D eigenvalue weighted by Gasteiger charge is -2.27. The van der Waals surface area contributed by atoms with Crippen LogP contribution in [0.1, 0.15) is 22.4 Å². The van der Waals surface area contributed by atoms with Gasteiger partial charge >= 0.3 is 0 Å². The summed E-state index contributed by atoms with van der Waals surface area (Å²) in [5, 5.41) is 3.03. The number of carbonyl (C=O) groups is 1. The molecule has 0 saturated heterocycles. The summed E-state index contributed by atoms with van der Waals surface area (Å²) in [6, 6.07) is 28.0. The minimum absolute atomic E-state index is 0.000573. The highest BCUT2D eigenvalue weighted by Crippen LogP contribution is 2.21. The lowest BCUT2D eigenvalue weighted by molar-refractivity contribution is -0.117. The Kier molecular flexibility index (Phi) is 7.23. The number of hydrogen-bond donors (Lipinski definition) is 1. The molecule has 4 aromatic rings. The fraction of sp³-hybridized carbons (Fsp3) is 0.267. The first-order valence-electron chi connectivity index (χ1n) is 12.7. The van der Waals surface area contributed by atoms with Crippen molar-refractivity contribution in [1.82, 2.24) is 14.3 Å². The molecule has 0 aliphatic carbocycles. The molecule has 0 saturated carbocycles. The van der Waals surface area contributed by atoms with E-state index >= 15 is 0 Å². The largest absolute Gasteiger partial charge is 0.378 e. The molecular weight excluding hydrogens is 462 g/mol. The van der Waals surface area contributed by atoms with Gasteiger partial charge in [0.15, 0.2) is 0 Å². The Bertz CT molecular complexity index is 1420. The van der Waals surface area contributed by atoms with Crippen LogP contribution in [-0.2, 0) is 37.4 Å². The molecule has 1 amide bonds. The summed E-state index contributed by atoms with van der Waals surface area (Å²) >= 11 is 0. The monoisotopic (exact) mass is 495 g/mol. The molecule has 2 heterocycles. The third-order valence-corrected chi connectivity index (χ3v) is 6.86. The highest BCUT2D eigenvalue weighted by molar-refractivity contribution is 5.91. The predicted octanol–water partition coefficient (Wildman–Crippen LogP) is 3.96. The van der Waals surface area contributed by atoms with Crippen LogP contribution in [0.4, 0.5) is 11.4 Å². The number of aromatic nitrogens is 2. The minimum Gasteiger partial charge on any atom is -0.378 e. The van der Waals surface area contributed by atoms with E-state index in [0.717, 1.165) is 41.3 Å². The molecule has 1 aromatic heterocycles. The molecule has 0 bridgehead atoms. The second-order valence-electron chi connectivity index (χ2n) is 9.77. The van der Waals surface area contributed by atoms with Crippen LogP contribution in [0.2, 0.25) is 0 Å². The van der Waals surface area contributed by atoms with E-state index in [1.807, 2.05) is 96.5 Å². The zero-order chi connectivity index (χ0) is 25.8. The van der Waals surface area contributed by atoms with E-state index in [9.17, 15) is 9.59 Å². The summed E-state index contributed by atoms with van der Waals surface area (Å²) in [5.41, 5.74) is 5.76. The van der Waals surface area contributed by atoms with Gasteiger partial charge in [0.2, 0.25) is 5.91 Å². The second-order valence-corrected chi connectivity index (χ2v) is 9.77. The lowest BCUT2D eigenvalue weighted by Crippen LogP contribution is -2.33. The van der Waals surface area contributed by atoms with Crippen molar-refractivity contribution < 1.29 is 4.79 Å². The maximum absolute atomic E-state index is 13.5. The zero-order valence-electron chi connectivity index (χ0n) is 21.4. The average molecular weight is 496 g/mol. The van der Waals surface area contributed by atoms with Gasteiger partial charge in [0, 0.05) is 50.7 Å². The normalized spacial score (nSPS) is 13.2. The van der Waals surface area contributed by atoms with E-state index in [4.69, 9.17) is 0 Å². The Hall–Kier alpha value is -4.10. The Balaban J connectivity index is 1.44. The number of fused-ring (bicyclic) bond motifs is 1. The maximum Gasteiger partial charge on any atom is 0.270 e. The highest BCUT2D eigenvalue weighted by Gasteiger charge is 2.27. The molecule has 1 N–H and O–H groups in total. The van der Waals surface area contributed by atoms with E-state index < -0.39 is 0 Å². The number of carbonyl (C=O) groups excluding carboxylic acids is 1. The van der Waals surface area contributed by atoms with Crippen molar-refractivity contribution in [3.63, 3.8) is 0 Å². The number of anilines is 2. The summed E-state index contributed by atoms with van der Waals surface area (Å²) in [4.78, 5) is 31.2. The topological polar surface area (TPSA) is 62.5 Å². The number of amides is 1. The second kappa shape index (κ2) is 10.9. The molecule has 3 aromatic carbocycles. The first kappa shape index (κ1) is 24.6. The van der Waals surface area contributed by atoms with Gasteiger partial charge < -0.3 is 10.2 Å². The molecule has 0 unspecified atom stereocenters. The number of nitrogens with zero attached hydrogens (tertiary/aromatic N) is 4. The Morgan fingerprint density at radius 3 is 2.22 bits per heavy atom. The highest BCUT2D eigenvalue weighted by atomic mass is 16.2. The van der Waals surface area contributed by atoms with Gasteiger partial charge in [-0.05, 0) is 35.7 Å². The molecule has 1 aliphatic rings. The van der Waals surface area contributed by atoms with Gasteiger partial charge in [0.25, 0.3) is 5.56 Å². The van der Waals surface area contributed by atoms with Crippen molar-refractivity contribution in [2.75, 3.05) is 30.9 Å². The third kappa shape index (κ3) is 5.67. The van der Waals surface area contributed by atoms with E-state index in [0.29, 0.717) is 19.5 Å². The lowest BCUT2D eigenvalue weighted by atomic mass is 10.1. The van der Waals surface area contributed by atoms with Crippen LogP contribution in [0.15, 0.2) is 89.7 Å². The summed E-state index contributed by atoms with van der Waals surface area (Å²) in [6.45, 7) is 2.75. The fourth-order valence-electron chi connectivity index (χ4n) is 4.95. The van der Waals surface area contributed by atoms with Gasteiger partial charge in [-0.3, -0.25) is 19.2 Å². The number of hydrogen-bond acceptors (Lipinski definition) is 4. The van der Waals surface area contributed by atoms with Crippen LogP contribution in [0, 0.1) is 0 Å². The minimum atomic E-state index is -0.157. The van der Waals surface area contributed by atoms with E-state index in [-0.39, 0.29) is 18.0 Å². The molecule has 7 heteroatoms. The zero-order valence-corrected chi connectivity index (χ0v) is 21.4. The first-order valence-corrected chi connectivity index (χ1v) is 12.7. The Morgan fingerprint density at radius 2 is 1.54 bits per heavy atom. The summed E-state index contributed by atoms with van der Waals surface area (Å²) in [7, 11) is 3.94. The number of rotatable bonds is 8. The summed E-state index contributed by atoms with van der Waals surface area (Å²) in [6.07, 6.45) is 0.676. The standard InChI is InChI=1S/C30H33N5O2/c1-32(2)26-15-9-14-25(18-26)31-29(36)22-34-28-21-33(19-23-10-5-3-6-11-23)17-16-27(28)30(37)35(34)20-24-12-7-4-8-13-24/h3-15,18H,16-17,19-22H2,1-2H3,(H,31,36). The van der Waals surface area contributed by atoms with E-state index in [1.165, 1.54) is 5.56 Å². The van der Waals surface area contributed by atoms with Gasteiger partial charge in [-0.2, -0.15) is 0 Å². The SMILES string of the molecule is CN(C)c1cccc(NC(=O)Cn2c3c(c(=O)n2Cc2ccccc2)CCN(Cc2ccccc2)C3)c1. The smallest absolute Gasteiger partial charge is 0.270 e. The van der Waals surface area contributed by atoms with Crippen LogP contribution < -0.4 is 15.8 Å². The summed E-state index contributed by atoms with van der Waals surface area (Å²) in [5.74, 6) is -0.157. The van der Waals surface area contributed by atoms with Gasteiger partial charge in [0.05, 0.1) is 12.2 Å². The Morgan fingerprint density at radius 1 is 0.865 bits per heavy atom. The van der Waals surface area contributed by atoms with Crippen molar-refractivity contribution in [2.24, 2.45) is 0 Å². The number of benzene rings is 3. The van der Waals surface area contributed by atoms with E-state index in [2.05, 4.69) is 22.3 Å². The molecule has 7 nitrogen and oxygen atoms in total. The van der Waals surface area contributed by atoms with Crippen LogP contribution in [0.25, 0.3) is 0 Å². The molecule has 0 fully saturated rings. The van der Waals surface area contributed by atoms with Crippen molar-refractivity contribution in [3.8, 4) is 0 Å². The van der Waals surface area contributed by atoms with E-state index in [1.54, 1.807) is 4.68 Å². The average Bonchev–Trinajstić information content (AvgIpc) is 3.15. The molecule has 5 rings (SSSR count). The van der Waals surface area contributed by atoms with Gasteiger partial charge in [-0.15, -0.1) is 0 Å². The molecule has 0 radical (unpaired) electrons. The van der Waals surface area contributed by atoms with Crippen LogP contribution in [0.3, 0.4) is 0 Å². The quantitative estimate of drug-likeness (QED) is 0.402. The first-order chi connectivity index (χ1) is 18.0. The number of nitrogens with one attached hydrogen (secondary N) is 1. The third-order valence-electron chi connectivity index (χ3n) is 6.86. The molecule has 37 heavy (non-hydrogen) atoms. The van der Waals surface area contributed by atoms with Gasteiger partial charge in [0.1, 0.15) is 6.54 Å². The van der Waals surface area contributed by atoms with Crippen LogP contribution in [-0.4, -0.2) is 40.8 Å². The van der Waals surface area contributed by atoms with Crippen LogP contribution >= 0.6 is 0 Å². The van der Waals surface area contributed by atoms with Crippen molar-refractivity contribution in [1.29, 1.82) is 0 Å². The molecule has 190 valence electrons. The van der Waals surface area contributed by atoms with Crippen molar-refractivity contribution in [3.05, 3.63) is 118 Å². The maximum atomic E-state index is 13.5. The fourth-order valence-corrected chi connectivity index (χ4v) is 4.95. The summed E-state index contributed by atoms with van der Waals surface area (Å²) < 4.78 is 3.63. The molecular formula is C30H33N5O2. The van der Waals surface area contributed by atoms with Gasteiger partial charge in [-0.25, -0.2) is 4.68 Å². The Labute approximate surface area is 217 Å². The molecule has 1 aliphatic heterocycles. The molecule has 0 spiro atoms.